The average Bonchev–Trinajstić information content (AvgIpc) is 2.97. The summed E-state index contributed by atoms with van der Waals surface area (Å²) in [6, 6.07) is 7.43. The molecule has 0 saturated heterocycles. The number of nitrogens with two attached hydrogens (primary N) is 1. The van der Waals surface area contributed by atoms with E-state index >= 15 is 0 Å². The molecule has 1 saturated carbocycles. The van der Waals surface area contributed by atoms with Gasteiger partial charge in [0.15, 0.2) is 5.13 Å². The standard InChI is InChI=1S/C13H14N4OS/c14-10-3-1-2-9(8-10)13(4-5-13)17-11(18)16-12-15-6-7-19-12/h1-3,6-8H,4-5,14H2,(H2,15,16,17,18). The Hall–Kier alpha value is -2.08. The van der Waals surface area contributed by atoms with Crippen LogP contribution < -0.4 is 16.4 Å². The molecule has 1 aliphatic carbocycles. The van der Waals surface area contributed by atoms with Gasteiger partial charge in [0.1, 0.15) is 0 Å². The number of thiazole rings is 1. The third kappa shape index (κ3) is 2.53. The van der Waals surface area contributed by atoms with Crippen molar-refractivity contribution in [2.75, 3.05) is 11.1 Å². The minimum absolute atomic E-state index is 0.227. The van der Waals surface area contributed by atoms with E-state index in [4.69, 9.17) is 5.73 Å². The molecule has 0 atom stereocenters. The quantitative estimate of drug-likeness (QED) is 0.752. The first-order valence-electron chi connectivity index (χ1n) is 6.03. The average molecular weight is 274 g/mol. The van der Waals surface area contributed by atoms with Crippen molar-refractivity contribution in [1.82, 2.24) is 10.3 Å². The van der Waals surface area contributed by atoms with Gasteiger partial charge >= 0.3 is 6.03 Å². The molecule has 98 valence electrons. The summed E-state index contributed by atoms with van der Waals surface area (Å²) in [4.78, 5) is 16.0. The molecular formula is C13H14N4OS. The van der Waals surface area contributed by atoms with Crippen molar-refractivity contribution in [1.29, 1.82) is 0 Å². The molecule has 1 aromatic carbocycles. The molecule has 0 aliphatic heterocycles. The van der Waals surface area contributed by atoms with Gasteiger partial charge in [-0.15, -0.1) is 11.3 Å². The van der Waals surface area contributed by atoms with Gasteiger partial charge in [0.05, 0.1) is 5.54 Å². The normalized spacial score (nSPS) is 15.8. The van der Waals surface area contributed by atoms with Crippen molar-refractivity contribution >= 4 is 28.2 Å². The Morgan fingerprint density at radius 1 is 1.42 bits per heavy atom. The summed E-state index contributed by atoms with van der Waals surface area (Å²) in [5.41, 5.74) is 7.29. The van der Waals surface area contributed by atoms with Gasteiger partial charge in [0.25, 0.3) is 0 Å². The minimum atomic E-state index is -0.267. The number of aromatic nitrogens is 1. The molecule has 3 rings (SSSR count). The highest BCUT2D eigenvalue weighted by atomic mass is 32.1. The minimum Gasteiger partial charge on any atom is -0.399 e. The van der Waals surface area contributed by atoms with E-state index in [1.807, 2.05) is 29.6 Å². The van der Waals surface area contributed by atoms with Crippen LogP contribution in [0.25, 0.3) is 0 Å². The molecule has 0 unspecified atom stereocenters. The van der Waals surface area contributed by atoms with Gasteiger partial charge in [-0.05, 0) is 30.5 Å². The third-order valence-electron chi connectivity index (χ3n) is 3.19. The molecule has 1 fully saturated rings. The molecule has 4 N–H and O–H groups in total. The number of carbonyl (C=O) groups is 1. The first-order valence-corrected chi connectivity index (χ1v) is 6.91. The molecule has 0 radical (unpaired) electrons. The van der Waals surface area contributed by atoms with E-state index in [9.17, 15) is 4.79 Å². The number of benzene rings is 1. The number of amides is 2. The maximum atomic E-state index is 11.9. The van der Waals surface area contributed by atoms with Gasteiger partial charge in [-0.3, -0.25) is 5.32 Å². The maximum Gasteiger partial charge on any atom is 0.321 e. The number of rotatable bonds is 3. The largest absolute Gasteiger partial charge is 0.399 e. The molecule has 1 aromatic heterocycles. The van der Waals surface area contributed by atoms with Crippen molar-refractivity contribution < 1.29 is 4.79 Å². The highest BCUT2D eigenvalue weighted by molar-refractivity contribution is 7.13. The molecule has 2 amide bonds. The van der Waals surface area contributed by atoms with Gasteiger partial charge < -0.3 is 11.1 Å². The van der Waals surface area contributed by atoms with E-state index in [0.29, 0.717) is 10.8 Å². The van der Waals surface area contributed by atoms with Gasteiger partial charge in [0, 0.05) is 17.3 Å². The van der Waals surface area contributed by atoms with Crippen LogP contribution in [0.4, 0.5) is 15.6 Å². The Bertz CT molecular complexity index is 592. The summed E-state index contributed by atoms with van der Waals surface area (Å²) in [7, 11) is 0. The van der Waals surface area contributed by atoms with Crippen LogP contribution in [0.5, 0.6) is 0 Å². The lowest BCUT2D eigenvalue weighted by atomic mass is 10.0. The van der Waals surface area contributed by atoms with Crippen LogP contribution in [-0.2, 0) is 5.54 Å². The number of hydrogen-bond acceptors (Lipinski definition) is 4. The maximum absolute atomic E-state index is 11.9. The number of carbonyl (C=O) groups excluding carboxylic acids is 1. The van der Waals surface area contributed by atoms with Crippen molar-refractivity contribution in [2.24, 2.45) is 0 Å². The molecule has 0 bridgehead atoms. The molecule has 5 nitrogen and oxygen atoms in total. The topological polar surface area (TPSA) is 80.0 Å². The molecule has 6 heteroatoms. The fourth-order valence-electron chi connectivity index (χ4n) is 2.08. The lowest BCUT2D eigenvalue weighted by Gasteiger charge is -2.18. The SMILES string of the molecule is Nc1cccc(C2(NC(=O)Nc3nccs3)CC2)c1. The van der Waals surface area contributed by atoms with Crippen molar-refractivity contribution in [3.05, 3.63) is 41.4 Å². The number of nitrogens with one attached hydrogen (secondary N) is 2. The van der Waals surface area contributed by atoms with Crippen molar-refractivity contribution in [2.45, 2.75) is 18.4 Å². The zero-order chi connectivity index (χ0) is 13.3. The van der Waals surface area contributed by atoms with Crippen LogP contribution in [0.15, 0.2) is 35.8 Å². The number of nitrogens with zero attached hydrogens (tertiary/aromatic N) is 1. The van der Waals surface area contributed by atoms with Gasteiger partial charge in [-0.25, -0.2) is 9.78 Å². The lowest BCUT2D eigenvalue weighted by molar-refractivity contribution is 0.247. The van der Waals surface area contributed by atoms with Crippen LogP contribution in [0.2, 0.25) is 0 Å². The van der Waals surface area contributed by atoms with Crippen LogP contribution in [0.1, 0.15) is 18.4 Å². The third-order valence-corrected chi connectivity index (χ3v) is 3.88. The second-order valence-electron chi connectivity index (χ2n) is 4.62. The second-order valence-corrected chi connectivity index (χ2v) is 5.52. The molecule has 0 spiro atoms. The zero-order valence-electron chi connectivity index (χ0n) is 10.2. The van der Waals surface area contributed by atoms with Crippen LogP contribution in [-0.4, -0.2) is 11.0 Å². The summed E-state index contributed by atoms with van der Waals surface area (Å²) in [6.45, 7) is 0. The zero-order valence-corrected chi connectivity index (χ0v) is 11.0. The van der Waals surface area contributed by atoms with E-state index in [2.05, 4.69) is 15.6 Å². The molecule has 2 aromatic rings. The number of anilines is 2. The fraction of sp³-hybridized carbons (Fsp3) is 0.231. The fourth-order valence-corrected chi connectivity index (χ4v) is 2.60. The summed E-state index contributed by atoms with van der Waals surface area (Å²) in [5, 5.41) is 8.16. The van der Waals surface area contributed by atoms with Crippen LogP contribution in [0.3, 0.4) is 0 Å². The number of urea groups is 1. The molecule has 19 heavy (non-hydrogen) atoms. The second kappa shape index (κ2) is 4.55. The first-order chi connectivity index (χ1) is 9.18. The summed E-state index contributed by atoms with van der Waals surface area (Å²) < 4.78 is 0. The van der Waals surface area contributed by atoms with Gasteiger partial charge in [-0.2, -0.15) is 0 Å². The van der Waals surface area contributed by atoms with Gasteiger partial charge in [-0.1, -0.05) is 12.1 Å². The molecule has 1 heterocycles. The monoisotopic (exact) mass is 274 g/mol. The van der Waals surface area contributed by atoms with Crippen molar-refractivity contribution in [3.63, 3.8) is 0 Å². The van der Waals surface area contributed by atoms with Crippen molar-refractivity contribution in [3.8, 4) is 0 Å². The Balaban J connectivity index is 1.70. The Kier molecular flexibility index (Phi) is 2.87. The smallest absolute Gasteiger partial charge is 0.321 e. The number of hydrogen-bond donors (Lipinski definition) is 3. The Morgan fingerprint density at radius 2 is 2.26 bits per heavy atom. The van der Waals surface area contributed by atoms with E-state index in [1.54, 1.807) is 6.20 Å². The first kappa shape index (κ1) is 12.0. The summed E-state index contributed by atoms with van der Waals surface area (Å²) in [5.74, 6) is 0. The Labute approximate surface area is 114 Å². The summed E-state index contributed by atoms with van der Waals surface area (Å²) in [6.07, 6.45) is 3.52. The van der Waals surface area contributed by atoms with E-state index in [1.165, 1.54) is 11.3 Å². The predicted octanol–water partition coefficient (Wildman–Crippen LogP) is 2.54. The Morgan fingerprint density at radius 3 is 2.89 bits per heavy atom. The van der Waals surface area contributed by atoms with Crippen LogP contribution in [0, 0.1) is 0 Å². The lowest BCUT2D eigenvalue weighted by Crippen LogP contribution is -2.38. The number of nitrogen functional groups attached to an aromatic ring is 1. The van der Waals surface area contributed by atoms with Crippen LogP contribution >= 0.6 is 11.3 Å². The summed E-state index contributed by atoms with van der Waals surface area (Å²) >= 11 is 1.39. The van der Waals surface area contributed by atoms with E-state index in [-0.39, 0.29) is 11.6 Å². The van der Waals surface area contributed by atoms with E-state index < -0.39 is 0 Å². The predicted molar refractivity (Wildman–Crippen MR) is 76.0 cm³/mol. The van der Waals surface area contributed by atoms with E-state index in [0.717, 1.165) is 18.4 Å². The highest BCUT2D eigenvalue weighted by Crippen LogP contribution is 2.45. The molecule has 1 aliphatic rings. The van der Waals surface area contributed by atoms with Gasteiger partial charge in [0.2, 0.25) is 0 Å². The highest BCUT2D eigenvalue weighted by Gasteiger charge is 2.45. The molecular weight excluding hydrogens is 260 g/mol.